The van der Waals surface area contributed by atoms with Gasteiger partial charge < -0.3 is 10.2 Å². The highest BCUT2D eigenvalue weighted by Crippen LogP contribution is 2.13. The summed E-state index contributed by atoms with van der Waals surface area (Å²) in [5.41, 5.74) is 0. The summed E-state index contributed by atoms with van der Waals surface area (Å²) in [6.07, 6.45) is 0.706. The van der Waals surface area contributed by atoms with Crippen LogP contribution < -0.4 is 5.32 Å². The van der Waals surface area contributed by atoms with Crippen LogP contribution in [0.25, 0.3) is 0 Å². The number of carbonyl (C=O) groups excluding carboxylic acids is 4. The minimum atomic E-state index is -0.960. The number of hydrogen-bond acceptors (Lipinski definition) is 6. The van der Waals surface area contributed by atoms with Crippen LogP contribution >= 0.6 is 0 Å². The Labute approximate surface area is 136 Å². The van der Waals surface area contributed by atoms with E-state index in [4.69, 9.17) is 4.84 Å². The van der Waals surface area contributed by atoms with Crippen LogP contribution in [0.1, 0.15) is 40.0 Å². The summed E-state index contributed by atoms with van der Waals surface area (Å²) in [7, 11) is 3.58. The first-order valence-electron chi connectivity index (χ1n) is 7.67. The van der Waals surface area contributed by atoms with Crippen LogP contribution in [0.4, 0.5) is 0 Å². The smallest absolute Gasteiger partial charge is 0.341 e. The molecular weight excluding hydrogens is 304 g/mol. The van der Waals surface area contributed by atoms with Gasteiger partial charge in [0.05, 0.1) is 6.04 Å². The second-order valence-corrected chi connectivity index (χ2v) is 6.33. The molecule has 1 N–H and O–H groups in total. The molecule has 8 heteroatoms. The van der Waals surface area contributed by atoms with Crippen molar-refractivity contribution in [2.24, 2.45) is 5.92 Å². The molecule has 0 aromatic carbocycles. The minimum Gasteiger partial charge on any atom is -0.341 e. The summed E-state index contributed by atoms with van der Waals surface area (Å²) in [6.45, 7) is 5.46. The molecule has 2 atom stereocenters. The summed E-state index contributed by atoms with van der Waals surface area (Å²) >= 11 is 0. The van der Waals surface area contributed by atoms with E-state index in [1.807, 2.05) is 13.8 Å². The van der Waals surface area contributed by atoms with E-state index in [9.17, 15) is 19.2 Å². The van der Waals surface area contributed by atoms with Gasteiger partial charge in [-0.25, -0.2) is 4.79 Å². The van der Waals surface area contributed by atoms with Crippen LogP contribution in [-0.2, 0) is 24.0 Å². The maximum atomic E-state index is 12.3. The average molecular weight is 329 g/mol. The van der Waals surface area contributed by atoms with Crippen LogP contribution in [-0.4, -0.2) is 59.8 Å². The molecule has 0 aliphatic carbocycles. The summed E-state index contributed by atoms with van der Waals surface area (Å²) < 4.78 is 0. The van der Waals surface area contributed by atoms with Crippen molar-refractivity contribution in [1.29, 1.82) is 0 Å². The number of carbonyl (C=O) groups is 4. The van der Waals surface area contributed by atoms with Crippen LogP contribution in [0, 0.1) is 5.92 Å². The van der Waals surface area contributed by atoms with Crippen LogP contribution in [0.15, 0.2) is 0 Å². The molecule has 3 amide bonds. The van der Waals surface area contributed by atoms with Gasteiger partial charge in [-0.1, -0.05) is 13.8 Å². The monoisotopic (exact) mass is 329 g/mol. The first-order chi connectivity index (χ1) is 10.6. The Balaban J connectivity index is 2.61. The Bertz CT molecular complexity index is 474. The van der Waals surface area contributed by atoms with Crippen LogP contribution in [0.3, 0.4) is 0 Å². The zero-order valence-electron chi connectivity index (χ0n) is 14.3. The fourth-order valence-electron chi connectivity index (χ4n) is 2.19. The molecule has 0 radical (unpaired) electrons. The Hall–Kier alpha value is -1.96. The second kappa shape index (κ2) is 8.05. The molecule has 1 heterocycles. The lowest BCUT2D eigenvalue weighted by Crippen LogP contribution is -2.50. The SMILES string of the molecule is CC(C)CC(C(=[18O])NC(C)C(=O)ON1C(=O)CCC1=O)N(C)C. The van der Waals surface area contributed by atoms with Crippen molar-refractivity contribution in [2.75, 3.05) is 14.1 Å². The Morgan fingerprint density at radius 1 is 1.26 bits per heavy atom. The van der Waals surface area contributed by atoms with Crippen molar-refractivity contribution in [2.45, 2.75) is 52.1 Å². The lowest BCUT2D eigenvalue weighted by Gasteiger charge is -2.26. The van der Waals surface area contributed by atoms with Gasteiger partial charge in [0.25, 0.3) is 11.8 Å². The van der Waals surface area contributed by atoms with Gasteiger partial charge >= 0.3 is 5.97 Å². The first kappa shape index (κ1) is 19.1. The largest absolute Gasteiger partial charge is 0.354 e. The van der Waals surface area contributed by atoms with Crippen molar-refractivity contribution in [1.82, 2.24) is 15.3 Å². The lowest BCUT2D eigenvalue weighted by molar-refractivity contribution is -0.198. The Kier molecular flexibility index (Phi) is 6.68. The van der Waals surface area contributed by atoms with Crippen molar-refractivity contribution >= 4 is 23.7 Å². The second-order valence-electron chi connectivity index (χ2n) is 6.33. The molecule has 23 heavy (non-hydrogen) atoms. The number of likely N-dealkylation sites (N-methyl/N-ethyl adjacent to an activating group) is 1. The number of rotatable bonds is 7. The third-order valence-corrected chi connectivity index (χ3v) is 3.52. The highest BCUT2D eigenvalue weighted by molar-refractivity contribution is 6.02. The molecule has 1 rings (SSSR count). The highest BCUT2D eigenvalue weighted by atomic mass is 18.1. The highest BCUT2D eigenvalue weighted by Gasteiger charge is 2.34. The van der Waals surface area contributed by atoms with E-state index in [-0.39, 0.29) is 24.8 Å². The van der Waals surface area contributed by atoms with E-state index >= 15 is 0 Å². The molecule has 0 bridgehead atoms. The van der Waals surface area contributed by atoms with Crippen LogP contribution in [0.2, 0.25) is 0 Å². The average Bonchev–Trinajstić information content (AvgIpc) is 2.75. The van der Waals surface area contributed by atoms with Gasteiger partial charge in [0, 0.05) is 12.8 Å². The van der Waals surface area contributed by atoms with Gasteiger partial charge in [-0.15, -0.1) is 5.06 Å². The van der Waals surface area contributed by atoms with E-state index in [0.29, 0.717) is 17.4 Å². The quantitative estimate of drug-likeness (QED) is 0.525. The molecule has 1 aliphatic heterocycles. The van der Waals surface area contributed by atoms with E-state index in [2.05, 4.69) is 5.32 Å². The van der Waals surface area contributed by atoms with Crippen molar-refractivity contribution < 1.29 is 24.0 Å². The first-order valence-corrected chi connectivity index (χ1v) is 7.67. The van der Waals surface area contributed by atoms with Gasteiger partial charge in [-0.3, -0.25) is 19.3 Å². The normalized spacial score (nSPS) is 17.6. The molecule has 0 spiro atoms. The standard InChI is InChI=1S/C15H25N3O5/c1-9(2)8-11(17(4)5)14(21)16-10(3)15(22)23-18-12(19)6-7-13(18)20/h9-11H,6-8H2,1-5H3,(H,16,21)/i21+2. The number of nitrogens with one attached hydrogen (secondary N) is 1. The van der Waals surface area contributed by atoms with Gasteiger partial charge in [0.2, 0.25) is 5.91 Å². The van der Waals surface area contributed by atoms with E-state index < -0.39 is 23.8 Å². The fraction of sp³-hybridized carbons (Fsp3) is 0.733. The molecular formula is C15H25N3O5. The van der Waals surface area contributed by atoms with E-state index in [1.54, 1.807) is 19.0 Å². The molecule has 0 aromatic heterocycles. The van der Waals surface area contributed by atoms with Crippen LogP contribution in [0.5, 0.6) is 0 Å². The van der Waals surface area contributed by atoms with Gasteiger partial charge in [-0.05, 0) is 33.4 Å². The molecule has 8 nitrogen and oxygen atoms in total. The fourth-order valence-corrected chi connectivity index (χ4v) is 2.19. The van der Waals surface area contributed by atoms with Gasteiger partial charge in [0.1, 0.15) is 6.04 Å². The zero-order chi connectivity index (χ0) is 17.7. The van der Waals surface area contributed by atoms with E-state index in [1.165, 1.54) is 6.92 Å². The summed E-state index contributed by atoms with van der Waals surface area (Å²) in [4.78, 5) is 53.6. The molecule has 1 saturated heterocycles. The summed E-state index contributed by atoms with van der Waals surface area (Å²) in [5.74, 6) is -1.92. The molecule has 0 saturated carbocycles. The molecule has 0 aromatic rings. The molecule has 1 fully saturated rings. The van der Waals surface area contributed by atoms with Gasteiger partial charge in [0.15, 0.2) is 0 Å². The third-order valence-electron chi connectivity index (χ3n) is 3.52. The van der Waals surface area contributed by atoms with Crippen molar-refractivity contribution in [3.63, 3.8) is 0 Å². The predicted molar refractivity (Wildman–Crippen MR) is 81.7 cm³/mol. The topological polar surface area (TPSA) is 96.0 Å². The van der Waals surface area contributed by atoms with Gasteiger partial charge in [-0.2, -0.15) is 0 Å². The number of hydroxylamine groups is 2. The minimum absolute atomic E-state index is 0.0317. The zero-order valence-corrected chi connectivity index (χ0v) is 14.3. The Morgan fingerprint density at radius 3 is 2.22 bits per heavy atom. The summed E-state index contributed by atoms with van der Waals surface area (Å²) in [6, 6.07) is -1.33. The maximum absolute atomic E-state index is 12.3. The number of imide groups is 1. The molecule has 2 unspecified atom stereocenters. The predicted octanol–water partition coefficient (Wildman–Crippen LogP) is 0.0746. The van der Waals surface area contributed by atoms with Crippen molar-refractivity contribution in [3.05, 3.63) is 0 Å². The number of nitrogens with zero attached hydrogens (tertiary/aromatic N) is 2. The van der Waals surface area contributed by atoms with Crippen molar-refractivity contribution in [3.8, 4) is 0 Å². The lowest BCUT2D eigenvalue weighted by atomic mass is 10.0. The number of amides is 3. The summed E-state index contributed by atoms with van der Waals surface area (Å²) in [5, 5.41) is 3.04. The molecule has 1 aliphatic rings. The molecule has 130 valence electrons. The number of hydrogen-bond donors (Lipinski definition) is 1. The third kappa shape index (κ3) is 5.31. The van der Waals surface area contributed by atoms with E-state index in [0.717, 1.165) is 0 Å². The maximum Gasteiger partial charge on any atom is 0.354 e. The Morgan fingerprint density at radius 2 is 1.78 bits per heavy atom.